The quantitative estimate of drug-likeness (QED) is 0.767. The van der Waals surface area contributed by atoms with Crippen LogP contribution >= 0.6 is 0 Å². The van der Waals surface area contributed by atoms with Crippen molar-refractivity contribution in [3.63, 3.8) is 0 Å². The van der Waals surface area contributed by atoms with E-state index in [0.29, 0.717) is 6.07 Å². The van der Waals surface area contributed by atoms with Gasteiger partial charge in [-0.15, -0.1) is 0 Å². The van der Waals surface area contributed by atoms with Gasteiger partial charge in [0.2, 0.25) is 0 Å². The summed E-state index contributed by atoms with van der Waals surface area (Å²) in [5.41, 5.74) is -3.36. The number of carbonyl (C=O) groups excluding carboxylic acids is 1. The number of rotatable bonds is 6. The van der Waals surface area contributed by atoms with E-state index in [2.05, 4.69) is 0 Å². The third kappa shape index (κ3) is 5.43. The lowest BCUT2D eigenvalue weighted by atomic mass is 9.94. The molecule has 0 saturated heterocycles. The summed E-state index contributed by atoms with van der Waals surface area (Å²) in [7, 11) is -4.01. The van der Waals surface area contributed by atoms with E-state index >= 15 is 0 Å². The number of alkyl halides is 3. The molecule has 9 heteroatoms. The molecular formula is C20H18F3NO4S. The highest BCUT2D eigenvalue weighted by molar-refractivity contribution is 7.91. The van der Waals surface area contributed by atoms with Crippen LogP contribution in [0.3, 0.4) is 0 Å². The second-order valence-corrected chi connectivity index (χ2v) is 8.93. The van der Waals surface area contributed by atoms with Gasteiger partial charge in [0.05, 0.1) is 27.8 Å². The number of nitriles is 1. The molecule has 29 heavy (non-hydrogen) atoms. The number of aliphatic hydroxyl groups is 1. The predicted molar refractivity (Wildman–Crippen MR) is 98.7 cm³/mol. The Hall–Kier alpha value is -2.70. The van der Waals surface area contributed by atoms with E-state index < -0.39 is 50.7 Å². The Bertz CT molecular complexity index is 1070. The van der Waals surface area contributed by atoms with Gasteiger partial charge in [0.1, 0.15) is 5.60 Å². The largest absolute Gasteiger partial charge is 0.417 e. The second-order valence-electron chi connectivity index (χ2n) is 6.94. The number of halogens is 3. The van der Waals surface area contributed by atoms with Crippen LogP contribution in [0.4, 0.5) is 13.2 Å². The summed E-state index contributed by atoms with van der Waals surface area (Å²) < 4.78 is 64.2. The lowest BCUT2D eigenvalue weighted by molar-refractivity contribution is -0.138. The Balaban J connectivity index is 2.25. The van der Waals surface area contributed by atoms with Crippen LogP contribution in [0.15, 0.2) is 47.4 Å². The van der Waals surface area contributed by atoms with Crippen molar-refractivity contribution in [3.8, 4) is 6.07 Å². The molecule has 2 rings (SSSR count). The van der Waals surface area contributed by atoms with E-state index in [4.69, 9.17) is 5.26 Å². The number of Topliss-reactive ketones (excluding diaryl/α,β-unsaturated/α-hetero) is 1. The smallest absolute Gasteiger partial charge is 0.381 e. The Labute approximate surface area is 166 Å². The summed E-state index contributed by atoms with van der Waals surface area (Å²) in [5.74, 6) is -1.87. The van der Waals surface area contributed by atoms with E-state index in [0.717, 1.165) is 24.6 Å². The number of hydrogen-bond donors (Lipinski definition) is 1. The Morgan fingerprint density at radius 2 is 1.72 bits per heavy atom. The van der Waals surface area contributed by atoms with Crippen LogP contribution in [0.25, 0.3) is 0 Å². The average Bonchev–Trinajstić information content (AvgIpc) is 2.60. The second kappa shape index (κ2) is 7.97. The zero-order valence-corrected chi connectivity index (χ0v) is 16.4. The predicted octanol–water partition coefficient (Wildman–Crippen LogP) is 3.22. The molecule has 0 aliphatic rings. The van der Waals surface area contributed by atoms with Crippen molar-refractivity contribution in [3.05, 3.63) is 64.7 Å². The summed E-state index contributed by atoms with van der Waals surface area (Å²) >= 11 is 0. The molecule has 0 radical (unpaired) electrons. The summed E-state index contributed by atoms with van der Waals surface area (Å²) in [6.45, 7) is 2.78. The number of hydrogen-bond acceptors (Lipinski definition) is 5. The van der Waals surface area contributed by atoms with E-state index in [1.54, 1.807) is 19.1 Å². The van der Waals surface area contributed by atoms with Gasteiger partial charge in [-0.1, -0.05) is 23.8 Å². The van der Waals surface area contributed by atoms with Crippen LogP contribution in [-0.2, 0) is 27.2 Å². The third-order valence-corrected chi connectivity index (χ3v) is 6.26. The van der Waals surface area contributed by atoms with Crippen molar-refractivity contribution in [2.24, 2.45) is 0 Å². The highest BCUT2D eigenvalue weighted by Crippen LogP contribution is 2.32. The fourth-order valence-electron chi connectivity index (χ4n) is 2.69. The topological polar surface area (TPSA) is 95.2 Å². The number of aryl methyl sites for hydroxylation is 1. The number of carbonyl (C=O) groups is 1. The first-order valence-electron chi connectivity index (χ1n) is 8.41. The lowest BCUT2D eigenvalue weighted by Crippen LogP contribution is -2.43. The van der Waals surface area contributed by atoms with Crippen molar-refractivity contribution in [2.75, 3.05) is 5.75 Å². The minimum Gasteiger partial charge on any atom is -0.381 e. The average molecular weight is 425 g/mol. The van der Waals surface area contributed by atoms with Gasteiger partial charge in [-0.25, -0.2) is 8.42 Å². The first-order valence-corrected chi connectivity index (χ1v) is 10.1. The zero-order valence-electron chi connectivity index (χ0n) is 15.6. The molecule has 0 amide bonds. The monoisotopic (exact) mass is 425 g/mol. The van der Waals surface area contributed by atoms with Crippen LogP contribution in [-0.4, -0.2) is 30.7 Å². The Morgan fingerprint density at radius 1 is 1.14 bits per heavy atom. The summed E-state index contributed by atoms with van der Waals surface area (Å²) in [6, 6.07) is 10.0. The van der Waals surface area contributed by atoms with Gasteiger partial charge in [0.15, 0.2) is 15.6 Å². The highest BCUT2D eigenvalue weighted by Gasteiger charge is 2.37. The van der Waals surface area contributed by atoms with E-state index in [1.807, 2.05) is 0 Å². The van der Waals surface area contributed by atoms with E-state index in [9.17, 15) is 31.5 Å². The van der Waals surface area contributed by atoms with Gasteiger partial charge in [-0.2, -0.15) is 18.4 Å². The molecule has 1 N–H and O–H groups in total. The number of benzene rings is 2. The molecule has 0 fully saturated rings. The van der Waals surface area contributed by atoms with Crippen LogP contribution in [0, 0.1) is 18.3 Å². The van der Waals surface area contributed by atoms with Crippen LogP contribution in [0.1, 0.15) is 29.2 Å². The van der Waals surface area contributed by atoms with Crippen LogP contribution in [0.5, 0.6) is 0 Å². The fraction of sp³-hybridized carbons (Fsp3) is 0.300. The summed E-state index contributed by atoms with van der Waals surface area (Å²) in [5, 5.41) is 19.2. The molecule has 154 valence electrons. The van der Waals surface area contributed by atoms with E-state index in [-0.39, 0.29) is 10.5 Å². The minimum atomic E-state index is -4.79. The maximum absolute atomic E-state index is 13.1. The molecule has 2 aromatic rings. The molecule has 0 bridgehead atoms. The molecule has 0 aromatic heterocycles. The van der Waals surface area contributed by atoms with Crippen molar-refractivity contribution in [2.45, 2.75) is 36.9 Å². The Kier molecular flexibility index (Phi) is 6.21. The van der Waals surface area contributed by atoms with Gasteiger partial charge >= 0.3 is 6.18 Å². The molecule has 1 atom stereocenters. The zero-order chi connectivity index (χ0) is 22.0. The normalized spacial score (nSPS) is 14.1. The maximum Gasteiger partial charge on any atom is 0.417 e. The van der Waals surface area contributed by atoms with Gasteiger partial charge in [-0.05, 0) is 43.7 Å². The number of nitrogens with zero attached hydrogens (tertiary/aromatic N) is 1. The molecule has 0 heterocycles. The molecular weight excluding hydrogens is 407 g/mol. The molecule has 5 nitrogen and oxygen atoms in total. The first-order chi connectivity index (χ1) is 13.3. The molecule has 0 saturated carbocycles. The maximum atomic E-state index is 13.1. The lowest BCUT2D eigenvalue weighted by Gasteiger charge is -2.22. The number of sulfone groups is 1. The van der Waals surface area contributed by atoms with Gasteiger partial charge in [-0.3, -0.25) is 4.79 Å². The molecule has 0 spiro atoms. The third-order valence-electron chi connectivity index (χ3n) is 4.33. The fourth-order valence-corrected chi connectivity index (χ4v) is 4.31. The first kappa shape index (κ1) is 22.6. The van der Waals surface area contributed by atoms with Crippen molar-refractivity contribution < 1.29 is 31.5 Å². The van der Waals surface area contributed by atoms with Gasteiger partial charge in [0.25, 0.3) is 0 Å². The standard InChI is InChI=1S/C20H18F3NO4S/c1-13-3-7-16(8-4-13)29(27,28)12-19(2,26)18(25)10-14-5-6-15(11-24)17(9-14)20(21,22)23/h3-9,26H,10,12H2,1-2H3. The highest BCUT2D eigenvalue weighted by atomic mass is 32.2. The Morgan fingerprint density at radius 3 is 2.24 bits per heavy atom. The van der Waals surface area contributed by atoms with Crippen molar-refractivity contribution in [1.29, 1.82) is 5.26 Å². The van der Waals surface area contributed by atoms with Crippen molar-refractivity contribution in [1.82, 2.24) is 0 Å². The van der Waals surface area contributed by atoms with Crippen molar-refractivity contribution >= 4 is 15.6 Å². The number of ketones is 1. The van der Waals surface area contributed by atoms with Crippen LogP contribution < -0.4 is 0 Å². The van der Waals surface area contributed by atoms with Gasteiger partial charge in [0, 0.05) is 6.42 Å². The molecule has 0 aliphatic carbocycles. The summed E-state index contributed by atoms with van der Waals surface area (Å²) in [6.07, 6.45) is -5.41. The SMILES string of the molecule is Cc1ccc(S(=O)(=O)CC(C)(O)C(=O)Cc2ccc(C#N)c(C(F)(F)F)c2)cc1. The molecule has 1 unspecified atom stereocenters. The molecule has 0 aliphatic heterocycles. The van der Waals surface area contributed by atoms with Gasteiger partial charge < -0.3 is 5.11 Å². The van der Waals surface area contributed by atoms with E-state index in [1.165, 1.54) is 18.2 Å². The molecule has 2 aromatic carbocycles. The summed E-state index contributed by atoms with van der Waals surface area (Å²) in [4.78, 5) is 12.4. The van der Waals surface area contributed by atoms with Crippen LogP contribution in [0.2, 0.25) is 0 Å². The minimum absolute atomic E-state index is 0.0751.